The van der Waals surface area contributed by atoms with E-state index in [2.05, 4.69) is 5.32 Å². The lowest BCUT2D eigenvalue weighted by atomic mass is 9.88. The van der Waals surface area contributed by atoms with Gasteiger partial charge in [-0.05, 0) is 62.8 Å². The number of nitrogens with one attached hydrogen (secondary N) is 1. The molecule has 1 aromatic carbocycles. The minimum absolute atomic E-state index is 0.0267. The lowest BCUT2D eigenvalue weighted by Gasteiger charge is -2.30. The average molecular weight is 390 g/mol. The van der Waals surface area contributed by atoms with Gasteiger partial charge in [0.1, 0.15) is 17.6 Å². The van der Waals surface area contributed by atoms with Crippen molar-refractivity contribution < 1.29 is 18.7 Å². The maximum Gasteiger partial charge on any atom is 0.242 e. The molecule has 1 unspecified atom stereocenters. The summed E-state index contributed by atoms with van der Waals surface area (Å²) in [5.74, 6) is 0.642. The fourth-order valence-electron chi connectivity index (χ4n) is 4.16. The van der Waals surface area contributed by atoms with Crippen LogP contribution in [0.5, 0.6) is 5.75 Å². The van der Waals surface area contributed by atoms with Crippen molar-refractivity contribution in [2.45, 2.75) is 63.8 Å². The molecule has 2 aliphatic rings. The molecule has 1 saturated carbocycles. The predicted molar refractivity (Wildman–Crippen MR) is 105 cm³/mol. The van der Waals surface area contributed by atoms with Crippen LogP contribution in [0.4, 0.5) is 4.39 Å². The van der Waals surface area contributed by atoms with Gasteiger partial charge in [-0.1, -0.05) is 19.3 Å². The molecular formula is C22H31FN2O3. The summed E-state index contributed by atoms with van der Waals surface area (Å²) in [6, 6.07) is 5.66. The van der Waals surface area contributed by atoms with E-state index in [0.717, 1.165) is 51.4 Å². The van der Waals surface area contributed by atoms with Gasteiger partial charge in [0.05, 0.1) is 6.61 Å². The summed E-state index contributed by atoms with van der Waals surface area (Å²) < 4.78 is 18.4. The zero-order valence-corrected chi connectivity index (χ0v) is 16.5. The Morgan fingerprint density at radius 1 is 1.04 bits per heavy atom. The molecule has 1 aliphatic carbocycles. The minimum atomic E-state index is -0.301. The van der Waals surface area contributed by atoms with Crippen LogP contribution < -0.4 is 10.1 Å². The molecular weight excluding hydrogens is 359 g/mol. The highest BCUT2D eigenvalue weighted by Gasteiger charge is 2.37. The molecule has 6 heteroatoms. The first-order valence-corrected chi connectivity index (χ1v) is 10.6. The van der Waals surface area contributed by atoms with Gasteiger partial charge >= 0.3 is 0 Å². The Labute approximate surface area is 166 Å². The van der Waals surface area contributed by atoms with Crippen molar-refractivity contribution >= 4 is 11.8 Å². The molecule has 0 bridgehead atoms. The molecule has 5 nitrogen and oxygen atoms in total. The minimum Gasteiger partial charge on any atom is -0.494 e. The first-order valence-electron chi connectivity index (χ1n) is 10.6. The topological polar surface area (TPSA) is 58.6 Å². The largest absolute Gasteiger partial charge is 0.494 e. The molecule has 0 aromatic heterocycles. The number of benzene rings is 1. The van der Waals surface area contributed by atoms with Crippen molar-refractivity contribution in [2.24, 2.45) is 5.92 Å². The van der Waals surface area contributed by atoms with Crippen LogP contribution >= 0.6 is 0 Å². The summed E-state index contributed by atoms with van der Waals surface area (Å²) >= 11 is 0. The molecule has 1 aliphatic heterocycles. The second-order valence-corrected chi connectivity index (χ2v) is 7.83. The molecule has 0 spiro atoms. The van der Waals surface area contributed by atoms with Crippen molar-refractivity contribution in [1.29, 1.82) is 0 Å². The summed E-state index contributed by atoms with van der Waals surface area (Å²) in [4.78, 5) is 27.2. The molecule has 2 fully saturated rings. The second kappa shape index (κ2) is 10.4. The lowest BCUT2D eigenvalue weighted by Crippen LogP contribution is -2.48. The number of hydrogen-bond acceptors (Lipinski definition) is 3. The molecule has 0 radical (unpaired) electrons. The Morgan fingerprint density at radius 3 is 2.54 bits per heavy atom. The number of hydrogen-bond donors (Lipinski definition) is 1. The van der Waals surface area contributed by atoms with Crippen LogP contribution in [0.25, 0.3) is 0 Å². The van der Waals surface area contributed by atoms with E-state index in [9.17, 15) is 14.0 Å². The van der Waals surface area contributed by atoms with Crippen LogP contribution in [-0.4, -0.2) is 42.5 Å². The van der Waals surface area contributed by atoms with Crippen molar-refractivity contribution in [3.8, 4) is 5.75 Å². The van der Waals surface area contributed by atoms with Crippen LogP contribution in [-0.2, 0) is 9.59 Å². The van der Waals surface area contributed by atoms with E-state index in [-0.39, 0.29) is 29.6 Å². The van der Waals surface area contributed by atoms with Crippen LogP contribution in [0, 0.1) is 11.7 Å². The fourth-order valence-corrected chi connectivity index (χ4v) is 4.16. The Bertz CT molecular complexity index is 644. The van der Waals surface area contributed by atoms with Gasteiger partial charge in [0.15, 0.2) is 0 Å². The third-order valence-corrected chi connectivity index (χ3v) is 5.75. The van der Waals surface area contributed by atoms with E-state index in [1.54, 1.807) is 12.1 Å². The maximum absolute atomic E-state index is 12.8. The van der Waals surface area contributed by atoms with Gasteiger partial charge in [-0.2, -0.15) is 0 Å². The highest BCUT2D eigenvalue weighted by atomic mass is 19.1. The van der Waals surface area contributed by atoms with Crippen LogP contribution in [0.2, 0.25) is 0 Å². The highest BCUT2D eigenvalue weighted by molar-refractivity contribution is 5.89. The molecule has 2 amide bonds. The van der Waals surface area contributed by atoms with Gasteiger partial charge < -0.3 is 15.0 Å². The van der Waals surface area contributed by atoms with E-state index < -0.39 is 0 Å². The third kappa shape index (κ3) is 5.69. The van der Waals surface area contributed by atoms with Crippen LogP contribution in [0.15, 0.2) is 24.3 Å². The molecule has 1 aromatic rings. The monoisotopic (exact) mass is 390 g/mol. The first-order chi connectivity index (χ1) is 13.6. The smallest absolute Gasteiger partial charge is 0.242 e. The number of rotatable bonds is 8. The standard InChI is InChI=1S/C22H31FN2O3/c23-18-10-12-19(13-11-18)28-16-5-4-14-24-21(26)20-9-6-15-25(20)22(27)17-7-2-1-3-8-17/h10-13,17,20H,1-9,14-16H2,(H,24,26). The number of halogens is 1. The van der Waals surface area contributed by atoms with Crippen LogP contribution in [0.3, 0.4) is 0 Å². The molecule has 1 saturated heterocycles. The summed E-state index contributed by atoms with van der Waals surface area (Å²) in [6.45, 7) is 1.81. The summed E-state index contributed by atoms with van der Waals surface area (Å²) in [6.07, 6.45) is 8.68. The molecule has 28 heavy (non-hydrogen) atoms. The Hall–Kier alpha value is -2.11. The molecule has 1 atom stereocenters. The quantitative estimate of drug-likeness (QED) is 0.689. The number of amides is 2. The Balaban J connectivity index is 1.34. The first kappa shape index (κ1) is 20.6. The number of unbranched alkanes of at least 4 members (excludes halogenated alkanes) is 1. The summed E-state index contributed by atoms with van der Waals surface area (Å²) in [5, 5.41) is 2.98. The Morgan fingerprint density at radius 2 is 1.79 bits per heavy atom. The predicted octanol–water partition coefficient (Wildman–Crippen LogP) is 3.67. The zero-order valence-electron chi connectivity index (χ0n) is 16.5. The second-order valence-electron chi connectivity index (χ2n) is 7.83. The maximum atomic E-state index is 12.8. The molecule has 154 valence electrons. The van der Waals surface area contributed by atoms with Gasteiger partial charge in [-0.15, -0.1) is 0 Å². The number of ether oxygens (including phenoxy) is 1. The van der Waals surface area contributed by atoms with Gasteiger partial charge in [0.25, 0.3) is 0 Å². The van der Waals surface area contributed by atoms with E-state index >= 15 is 0 Å². The average Bonchev–Trinajstić information content (AvgIpc) is 3.22. The third-order valence-electron chi connectivity index (χ3n) is 5.75. The SMILES string of the molecule is O=C(NCCCCOc1ccc(F)cc1)C1CCCN1C(=O)C1CCCCC1. The van der Waals surface area contributed by atoms with Crippen molar-refractivity contribution in [3.63, 3.8) is 0 Å². The van der Waals surface area contributed by atoms with E-state index in [0.29, 0.717) is 25.4 Å². The van der Waals surface area contributed by atoms with Gasteiger partial charge in [0.2, 0.25) is 11.8 Å². The van der Waals surface area contributed by atoms with Crippen molar-refractivity contribution in [2.75, 3.05) is 19.7 Å². The number of carbonyl (C=O) groups is 2. The molecule has 3 rings (SSSR count). The van der Waals surface area contributed by atoms with E-state index in [1.165, 1.54) is 18.6 Å². The molecule has 1 N–H and O–H groups in total. The normalized spacial score (nSPS) is 20.2. The Kier molecular flexibility index (Phi) is 7.69. The summed E-state index contributed by atoms with van der Waals surface area (Å²) in [7, 11) is 0. The number of likely N-dealkylation sites (tertiary alicyclic amines) is 1. The van der Waals surface area contributed by atoms with Gasteiger partial charge in [0, 0.05) is 19.0 Å². The lowest BCUT2D eigenvalue weighted by molar-refractivity contribution is -0.142. The van der Waals surface area contributed by atoms with Gasteiger partial charge in [-0.25, -0.2) is 4.39 Å². The number of carbonyl (C=O) groups excluding carboxylic acids is 2. The summed E-state index contributed by atoms with van der Waals surface area (Å²) in [5.41, 5.74) is 0. The molecule has 1 heterocycles. The number of nitrogens with zero attached hydrogens (tertiary/aromatic N) is 1. The zero-order chi connectivity index (χ0) is 19.8. The van der Waals surface area contributed by atoms with E-state index in [1.807, 2.05) is 4.90 Å². The van der Waals surface area contributed by atoms with Gasteiger partial charge in [-0.3, -0.25) is 9.59 Å². The van der Waals surface area contributed by atoms with Crippen molar-refractivity contribution in [3.05, 3.63) is 30.1 Å². The van der Waals surface area contributed by atoms with Crippen molar-refractivity contribution in [1.82, 2.24) is 10.2 Å². The highest BCUT2D eigenvalue weighted by Crippen LogP contribution is 2.28. The van der Waals surface area contributed by atoms with E-state index in [4.69, 9.17) is 4.74 Å². The van der Waals surface area contributed by atoms with Crippen LogP contribution in [0.1, 0.15) is 57.8 Å². The fraction of sp³-hybridized carbons (Fsp3) is 0.636.